The predicted molar refractivity (Wildman–Crippen MR) is 94.7 cm³/mol. The normalized spacial score (nSPS) is 16.5. The van der Waals surface area contributed by atoms with Gasteiger partial charge in [-0.3, -0.25) is 10.1 Å². The fraction of sp³-hybridized carbons (Fsp3) is 0.444. The number of aromatic nitrogens is 1. The number of fused-ring (bicyclic) bond motifs is 2. The van der Waals surface area contributed by atoms with E-state index in [0.717, 1.165) is 43.8 Å². The van der Waals surface area contributed by atoms with Crippen LogP contribution in [0.25, 0.3) is 0 Å². The Labute approximate surface area is 145 Å². The summed E-state index contributed by atoms with van der Waals surface area (Å²) < 4.78 is 5.64. The van der Waals surface area contributed by atoms with Crippen LogP contribution in [0.15, 0.2) is 18.2 Å². The zero-order valence-corrected chi connectivity index (χ0v) is 14.6. The number of anilines is 1. The number of nitrogens with one attached hydrogen (secondary N) is 1. The van der Waals surface area contributed by atoms with Gasteiger partial charge in [-0.25, -0.2) is 4.98 Å². The highest BCUT2D eigenvalue weighted by Gasteiger charge is 2.19. The van der Waals surface area contributed by atoms with E-state index in [0.29, 0.717) is 5.13 Å². The fourth-order valence-electron chi connectivity index (χ4n) is 3.32. The Morgan fingerprint density at radius 2 is 2.21 bits per heavy atom. The number of thiazole rings is 1. The van der Waals surface area contributed by atoms with E-state index < -0.39 is 0 Å². The lowest BCUT2D eigenvalue weighted by atomic mass is 10.1. The zero-order valence-electron chi connectivity index (χ0n) is 13.8. The summed E-state index contributed by atoms with van der Waals surface area (Å²) in [6, 6.07) is 6.13. The van der Waals surface area contributed by atoms with Crippen LogP contribution in [0.5, 0.6) is 5.75 Å². The van der Waals surface area contributed by atoms with Gasteiger partial charge in [0.05, 0.1) is 5.69 Å². The fourth-order valence-corrected chi connectivity index (χ4v) is 4.42. The van der Waals surface area contributed by atoms with E-state index in [-0.39, 0.29) is 12.5 Å². The molecule has 0 saturated heterocycles. The molecule has 1 aromatic heterocycles. The van der Waals surface area contributed by atoms with Crippen molar-refractivity contribution in [3.8, 4) is 5.75 Å². The lowest BCUT2D eigenvalue weighted by Gasteiger charge is -2.20. The smallest absolute Gasteiger partial charge is 0.264 e. The third-order valence-corrected chi connectivity index (χ3v) is 5.61. The van der Waals surface area contributed by atoms with Gasteiger partial charge in [-0.2, -0.15) is 0 Å². The van der Waals surface area contributed by atoms with Crippen LogP contribution in [-0.4, -0.2) is 36.0 Å². The van der Waals surface area contributed by atoms with Gasteiger partial charge in [-0.1, -0.05) is 6.07 Å². The van der Waals surface area contributed by atoms with Crippen molar-refractivity contribution in [2.75, 3.05) is 25.5 Å². The first-order chi connectivity index (χ1) is 11.7. The minimum atomic E-state index is -0.157. The second kappa shape index (κ2) is 6.53. The van der Waals surface area contributed by atoms with Crippen LogP contribution in [0, 0.1) is 0 Å². The molecule has 0 fully saturated rings. The number of carbonyl (C=O) groups is 1. The summed E-state index contributed by atoms with van der Waals surface area (Å²) in [6.07, 6.45) is 4.42. The zero-order chi connectivity index (χ0) is 16.5. The molecule has 126 valence electrons. The van der Waals surface area contributed by atoms with Crippen molar-refractivity contribution < 1.29 is 9.53 Å². The molecule has 4 rings (SSSR count). The number of benzene rings is 1. The minimum absolute atomic E-state index is 0.0168. The second-order valence-corrected chi connectivity index (χ2v) is 7.58. The van der Waals surface area contributed by atoms with Crippen molar-refractivity contribution >= 4 is 22.4 Å². The highest BCUT2D eigenvalue weighted by atomic mass is 32.1. The van der Waals surface area contributed by atoms with E-state index in [1.165, 1.54) is 22.4 Å². The summed E-state index contributed by atoms with van der Waals surface area (Å²) in [5, 5.41) is 3.54. The van der Waals surface area contributed by atoms with Gasteiger partial charge in [-0.15, -0.1) is 11.3 Å². The van der Waals surface area contributed by atoms with Crippen molar-refractivity contribution in [3.63, 3.8) is 0 Å². The van der Waals surface area contributed by atoms with Crippen LogP contribution in [0.4, 0.5) is 5.13 Å². The number of aryl methyl sites for hydroxylation is 2. The molecule has 0 bridgehead atoms. The minimum Gasteiger partial charge on any atom is -0.484 e. The van der Waals surface area contributed by atoms with Gasteiger partial charge in [0.1, 0.15) is 5.75 Å². The van der Waals surface area contributed by atoms with Crippen molar-refractivity contribution in [1.29, 1.82) is 0 Å². The van der Waals surface area contributed by atoms with Gasteiger partial charge in [0.15, 0.2) is 11.7 Å². The predicted octanol–water partition coefficient (Wildman–Crippen LogP) is 2.64. The number of likely N-dealkylation sites (N-methyl/N-ethyl adjacent to an activating group) is 1. The SMILES string of the molecule is CN1CCc2nc(NC(=O)COc3ccc4c(c3)CCC4)sc2C1. The Morgan fingerprint density at radius 1 is 1.33 bits per heavy atom. The number of carbonyl (C=O) groups excluding carboxylic acids is 1. The monoisotopic (exact) mass is 343 g/mol. The molecule has 2 aliphatic rings. The molecule has 1 aromatic carbocycles. The standard InChI is InChI=1S/C18H21N3O2S/c1-21-8-7-15-16(10-21)24-18(19-15)20-17(22)11-23-14-6-5-12-3-2-4-13(12)9-14/h5-6,9H,2-4,7-8,10-11H2,1H3,(H,19,20,22). The van der Waals surface area contributed by atoms with E-state index >= 15 is 0 Å². The molecule has 0 saturated carbocycles. The molecule has 1 aliphatic heterocycles. The van der Waals surface area contributed by atoms with E-state index in [2.05, 4.69) is 34.4 Å². The molecule has 24 heavy (non-hydrogen) atoms. The summed E-state index contributed by atoms with van der Waals surface area (Å²) in [4.78, 5) is 20.2. The van der Waals surface area contributed by atoms with Crippen LogP contribution in [-0.2, 0) is 30.6 Å². The van der Waals surface area contributed by atoms with Crippen LogP contribution in [0.2, 0.25) is 0 Å². The third-order valence-electron chi connectivity index (χ3n) is 4.61. The average molecular weight is 343 g/mol. The van der Waals surface area contributed by atoms with Crippen LogP contribution in [0.1, 0.15) is 28.1 Å². The maximum Gasteiger partial charge on any atom is 0.264 e. The molecule has 1 amide bonds. The molecule has 2 aromatic rings. The number of hydrogen-bond donors (Lipinski definition) is 1. The van der Waals surface area contributed by atoms with E-state index in [1.807, 2.05) is 6.07 Å². The molecule has 1 aliphatic carbocycles. The lowest BCUT2D eigenvalue weighted by Crippen LogP contribution is -2.25. The highest BCUT2D eigenvalue weighted by Crippen LogP contribution is 2.28. The van der Waals surface area contributed by atoms with Crippen LogP contribution in [0.3, 0.4) is 0 Å². The number of rotatable bonds is 4. The molecule has 0 atom stereocenters. The van der Waals surface area contributed by atoms with E-state index in [1.54, 1.807) is 11.3 Å². The number of nitrogens with zero attached hydrogens (tertiary/aromatic N) is 2. The van der Waals surface area contributed by atoms with Crippen molar-refractivity contribution in [1.82, 2.24) is 9.88 Å². The molecule has 0 unspecified atom stereocenters. The summed E-state index contributed by atoms with van der Waals surface area (Å²) in [7, 11) is 2.10. The first-order valence-corrected chi connectivity index (χ1v) is 9.20. The highest BCUT2D eigenvalue weighted by molar-refractivity contribution is 7.15. The second-order valence-electron chi connectivity index (χ2n) is 6.50. The van der Waals surface area contributed by atoms with Gasteiger partial charge in [-0.05, 0) is 49.6 Å². The summed E-state index contributed by atoms with van der Waals surface area (Å²) >= 11 is 1.57. The third kappa shape index (κ3) is 3.30. The number of hydrogen-bond acceptors (Lipinski definition) is 5. The Morgan fingerprint density at radius 3 is 3.12 bits per heavy atom. The average Bonchev–Trinajstić information content (AvgIpc) is 3.17. The Kier molecular flexibility index (Phi) is 4.24. The van der Waals surface area contributed by atoms with Crippen molar-refractivity contribution in [2.45, 2.75) is 32.2 Å². The summed E-state index contributed by atoms with van der Waals surface area (Å²) in [5.41, 5.74) is 3.88. The lowest BCUT2D eigenvalue weighted by molar-refractivity contribution is -0.118. The Hall–Kier alpha value is -1.92. The maximum absolute atomic E-state index is 12.1. The van der Waals surface area contributed by atoms with Gasteiger partial charge in [0, 0.05) is 24.4 Å². The van der Waals surface area contributed by atoms with Crippen molar-refractivity contribution in [2.24, 2.45) is 0 Å². The molecule has 0 radical (unpaired) electrons. The summed E-state index contributed by atoms with van der Waals surface area (Å²) in [5.74, 6) is 0.612. The quantitative estimate of drug-likeness (QED) is 0.927. The first kappa shape index (κ1) is 15.6. The molecule has 6 heteroatoms. The van der Waals surface area contributed by atoms with E-state index in [4.69, 9.17) is 4.74 Å². The van der Waals surface area contributed by atoms with Crippen LogP contribution >= 0.6 is 11.3 Å². The Bertz CT molecular complexity index is 772. The first-order valence-electron chi connectivity index (χ1n) is 8.39. The topological polar surface area (TPSA) is 54.5 Å². The van der Waals surface area contributed by atoms with Gasteiger partial charge in [0.2, 0.25) is 0 Å². The summed E-state index contributed by atoms with van der Waals surface area (Å²) in [6.45, 7) is 1.95. The molecular weight excluding hydrogens is 322 g/mol. The van der Waals surface area contributed by atoms with Crippen LogP contribution < -0.4 is 10.1 Å². The molecular formula is C18H21N3O2S. The van der Waals surface area contributed by atoms with Crippen molar-refractivity contribution in [3.05, 3.63) is 39.9 Å². The Balaban J connectivity index is 1.34. The molecule has 1 N–H and O–H groups in total. The molecule has 5 nitrogen and oxygen atoms in total. The maximum atomic E-state index is 12.1. The largest absolute Gasteiger partial charge is 0.484 e. The molecule has 2 heterocycles. The number of ether oxygens (including phenoxy) is 1. The van der Waals surface area contributed by atoms with Gasteiger partial charge >= 0.3 is 0 Å². The van der Waals surface area contributed by atoms with Gasteiger partial charge in [0.25, 0.3) is 5.91 Å². The van der Waals surface area contributed by atoms with E-state index in [9.17, 15) is 4.79 Å². The van der Waals surface area contributed by atoms with Gasteiger partial charge < -0.3 is 9.64 Å². The number of amides is 1. The molecule has 0 spiro atoms.